The van der Waals surface area contributed by atoms with E-state index < -0.39 is 12.3 Å². The zero-order valence-corrected chi connectivity index (χ0v) is 20.1. The molecule has 1 aliphatic carbocycles. The van der Waals surface area contributed by atoms with Gasteiger partial charge in [0.2, 0.25) is 0 Å². The van der Waals surface area contributed by atoms with Crippen molar-refractivity contribution in [3.8, 4) is 5.75 Å². The fourth-order valence-electron chi connectivity index (χ4n) is 4.14. The minimum absolute atomic E-state index is 0.116. The van der Waals surface area contributed by atoms with Crippen LogP contribution in [0.4, 0.5) is 18.9 Å². The van der Waals surface area contributed by atoms with Crippen molar-refractivity contribution in [3.63, 3.8) is 0 Å². The monoisotopic (exact) mass is 520 g/mol. The lowest BCUT2D eigenvalue weighted by molar-refractivity contribution is -0.274. The van der Waals surface area contributed by atoms with E-state index in [4.69, 9.17) is 16.7 Å². The number of hydrogen-bond donors (Lipinski definition) is 1. The average Bonchev–Trinajstić information content (AvgIpc) is 3.65. The van der Waals surface area contributed by atoms with Crippen LogP contribution in [0.1, 0.15) is 45.9 Å². The molecule has 4 rings (SSSR count). The standard InChI is InChI=1S/C26H24ClF3N2O4/c1-31(19-3-2-4-20(13-19)36-26(28,29)30)15-23-21(17-9-10-17)14-22(27)24(33)32(23)12-11-16-5-7-18(8-6-16)25(34)35/h2-8,13-14,17H,9-12,15H2,1H3,(H,34,35). The summed E-state index contributed by atoms with van der Waals surface area (Å²) in [5.74, 6) is -1.07. The van der Waals surface area contributed by atoms with E-state index in [9.17, 15) is 22.8 Å². The molecule has 1 saturated carbocycles. The van der Waals surface area contributed by atoms with Crippen LogP contribution in [0.15, 0.2) is 59.4 Å². The second-order valence-electron chi connectivity index (χ2n) is 8.78. The smallest absolute Gasteiger partial charge is 0.478 e. The summed E-state index contributed by atoms with van der Waals surface area (Å²) < 4.78 is 43.7. The van der Waals surface area contributed by atoms with E-state index in [1.54, 1.807) is 40.8 Å². The van der Waals surface area contributed by atoms with Crippen LogP contribution in [0.2, 0.25) is 5.02 Å². The number of hydrogen-bond acceptors (Lipinski definition) is 4. The number of pyridine rings is 1. The molecule has 1 aromatic heterocycles. The lowest BCUT2D eigenvalue weighted by atomic mass is 10.1. The number of carbonyl (C=O) groups is 1. The first-order chi connectivity index (χ1) is 17.0. The van der Waals surface area contributed by atoms with E-state index in [0.29, 0.717) is 18.7 Å². The van der Waals surface area contributed by atoms with Crippen molar-refractivity contribution in [2.24, 2.45) is 0 Å². The normalized spacial score (nSPS) is 13.5. The van der Waals surface area contributed by atoms with Gasteiger partial charge in [-0.3, -0.25) is 4.79 Å². The van der Waals surface area contributed by atoms with Crippen LogP contribution >= 0.6 is 11.6 Å². The second kappa shape index (κ2) is 10.3. The Kier molecular flexibility index (Phi) is 7.31. The summed E-state index contributed by atoms with van der Waals surface area (Å²) in [4.78, 5) is 25.9. The topological polar surface area (TPSA) is 71.8 Å². The van der Waals surface area contributed by atoms with E-state index in [-0.39, 0.29) is 34.4 Å². The van der Waals surface area contributed by atoms with Crippen molar-refractivity contribution in [3.05, 3.63) is 92.4 Å². The highest BCUT2D eigenvalue weighted by atomic mass is 35.5. The van der Waals surface area contributed by atoms with Gasteiger partial charge in [-0.25, -0.2) is 4.79 Å². The van der Waals surface area contributed by atoms with E-state index in [2.05, 4.69) is 4.74 Å². The predicted molar refractivity (Wildman–Crippen MR) is 130 cm³/mol. The molecule has 0 bridgehead atoms. The molecule has 0 unspecified atom stereocenters. The largest absolute Gasteiger partial charge is 0.573 e. The molecule has 1 N–H and O–H groups in total. The summed E-state index contributed by atoms with van der Waals surface area (Å²) in [6.07, 6.45) is -2.39. The fraction of sp³-hybridized carbons (Fsp3) is 0.308. The Balaban J connectivity index is 1.63. The van der Waals surface area contributed by atoms with Crippen LogP contribution in [0, 0.1) is 0 Å². The number of rotatable bonds is 9. The molecule has 0 spiro atoms. The van der Waals surface area contributed by atoms with Gasteiger partial charge >= 0.3 is 12.3 Å². The molecule has 1 aliphatic rings. The van der Waals surface area contributed by atoms with Gasteiger partial charge in [-0.05, 0) is 66.6 Å². The number of nitrogens with zero attached hydrogens (tertiary/aromatic N) is 2. The van der Waals surface area contributed by atoms with Crippen molar-refractivity contribution in [1.29, 1.82) is 0 Å². The van der Waals surface area contributed by atoms with Gasteiger partial charge in [-0.15, -0.1) is 13.2 Å². The Morgan fingerprint density at radius 2 is 1.86 bits per heavy atom. The Morgan fingerprint density at radius 3 is 2.47 bits per heavy atom. The zero-order valence-electron chi connectivity index (χ0n) is 19.4. The molecule has 2 aromatic carbocycles. The quantitative estimate of drug-likeness (QED) is 0.383. The number of aromatic carboxylic acids is 1. The number of ether oxygens (including phenoxy) is 1. The van der Waals surface area contributed by atoms with Crippen molar-refractivity contribution in [2.45, 2.75) is 44.6 Å². The van der Waals surface area contributed by atoms with Crippen LogP contribution < -0.4 is 15.2 Å². The molecule has 36 heavy (non-hydrogen) atoms. The van der Waals surface area contributed by atoms with Crippen molar-refractivity contribution >= 4 is 23.3 Å². The minimum atomic E-state index is -4.80. The SMILES string of the molecule is CN(Cc1c(C2CC2)cc(Cl)c(=O)n1CCc1ccc(C(=O)O)cc1)c1cccc(OC(F)(F)F)c1. The molecule has 10 heteroatoms. The molecule has 0 atom stereocenters. The van der Waals surface area contributed by atoms with Crippen molar-refractivity contribution < 1.29 is 27.8 Å². The van der Waals surface area contributed by atoms with Crippen LogP contribution in [0.3, 0.4) is 0 Å². The van der Waals surface area contributed by atoms with Gasteiger partial charge < -0.3 is 19.3 Å². The Bertz CT molecular complexity index is 1320. The third-order valence-corrected chi connectivity index (χ3v) is 6.38. The second-order valence-corrected chi connectivity index (χ2v) is 9.19. The molecule has 0 saturated heterocycles. The van der Waals surface area contributed by atoms with Gasteiger partial charge in [0.05, 0.1) is 12.1 Å². The van der Waals surface area contributed by atoms with Gasteiger partial charge in [0.15, 0.2) is 0 Å². The summed E-state index contributed by atoms with van der Waals surface area (Å²) in [6, 6.07) is 13.8. The first kappa shape index (κ1) is 25.6. The first-order valence-corrected chi connectivity index (χ1v) is 11.7. The third-order valence-electron chi connectivity index (χ3n) is 6.11. The Morgan fingerprint density at radius 1 is 1.17 bits per heavy atom. The number of carboxylic acids is 1. The average molecular weight is 521 g/mol. The molecule has 1 fully saturated rings. The predicted octanol–water partition coefficient (Wildman–Crippen LogP) is 5.86. The maximum absolute atomic E-state index is 13.1. The van der Waals surface area contributed by atoms with Gasteiger partial charge in [-0.1, -0.05) is 29.8 Å². The highest BCUT2D eigenvalue weighted by Gasteiger charge is 2.32. The van der Waals surface area contributed by atoms with Crippen LogP contribution in [0.25, 0.3) is 0 Å². The van der Waals surface area contributed by atoms with Gasteiger partial charge in [0, 0.05) is 31.0 Å². The number of anilines is 1. The lowest BCUT2D eigenvalue weighted by Crippen LogP contribution is -2.30. The molecule has 1 heterocycles. The Hall–Kier alpha value is -3.46. The number of benzene rings is 2. The van der Waals surface area contributed by atoms with E-state index in [1.807, 2.05) is 0 Å². The third kappa shape index (κ3) is 6.20. The number of carboxylic acid groups (broad SMARTS) is 1. The summed E-state index contributed by atoms with van der Waals surface area (Å²) in [5.41, 5.74) is 2.89. The van der Waals surface area contributed by atoms with Crippen LogP contribution in [0.5, 0.6) is 5.75 Å². The highest BCUT2D eigenvalue weighted by molar-refractivity contribution is 6.30. The van der Waals surface area contributed by atoms with Gasteiger partial charge in [-0.2, -0.15) is 0 Å². The minimum Gasteiger partial charge on any atom is -0.478 e. The lowest BCUT2D eigenvalue weighted by Gasteiger charge is -2.25. The van der Waals surface area contributed by atoms with E-state index >= 15 is 0 Å². The molecule has 3 aromatic rings. The molecule has 0 amide bonds. The summed E-state index contributed by atoms with van der Waals surface area (Å²) in [6.45, 7) is 0.581. The molecular formula is C26H24ClF3N2O4. The maximum Gasteiger partial charge on any atom is 0.573 e. The van der Waals surface area contributed by atoms with E-state index in [1.165, 1.54) is 30.3 Å². The Labute approximate surface area is 210 Å². The zero-order chi connectivity index (χ0) is 26.0. The summed E-state index contributed by atoms with van der Waals surface area (Å²) >= 11 is 6.30. The van der Waals surface area contributed by atoms with Crippen LogP contribution in [-0.4, -0.2) is 29.1 Å². The summed E-state index contributed by atoms with van der Waals surface area (Å²) in [5, 5.41) is 9.21. The van der Waals surface area contributed by atoms with E-state index in [0.717, 1.165) is 29.7 Å². The molecule has 6 nitrogen and oxygen atoms in total. The molecule has 0 radical (unpaired) electrons. The molecule has 190 valence electrons. The fourth-order valence-corrected chi connectivity index (χ4v) is 4.36. The summed E-state index contributed by atoms with van der Waals surface area (Å²) in [7, 11) is 1.73. The maximum atomic E-state index is 13.1. The van der Waals surface area contributed by atoms with Gasteiger partial charge in [0.25, 0.3) is 5.56 Å². The van der Waals surface area contributed by atoms with Crippen molar-refractivity contribution in [2.75, 3.05) is 11.9 Å². The number of aromatic nitrogens is 1. The molecular weight excluding hydrogens is 497 g/mol. The van der Waals surface area contributed by atoms with Gasteiger partial charge in [0.1, 0.15) is 10.8 Å². The number of aryl methyl sites for hydroxylation is 1. The molecule has 0 aliphatic heterocycles. The first-order valence-electron chi connectivity index (χ1n) is 11.3. The van der Waals surface area contributed by atoms with Crippen LogP contribution in [-0.2, 0) is 19.5 Å². The number of halogens is 4. The number of alkyl halides is 3. The highest BCUT2D eigenvalue weighted by Crippen LogP contribution is 2.42. The van der Waals surface area contributed by atoms with Crippen molar-refractivity contribution in [1.82, 2.24) is 4.57 Å².